The zero-order chi connectivity index (χ0) is 15.9. The molecule has 0 bridgehead atoms. The topological polar surface area (TPSA) is 64.3 Å². The molecule has 0 heterocycles. The number of carbonyl (C=O) groups is 1. The van der Waals surface area contributed by atoms with E-state index in [0.717, 1.165) is 27.6 Å². The van der Waals surface area contributed by atoms with Crippen LogP contribution in [0.2, 0.25) is 0 Å². The smallest absolute Gasteiger partial charge is 0.408 e. The largest absolute Gasteiger partial charge is 0.444 e. The first-order chi connectivity index (χ1) is 10.3. The second-order valence-corrected chi connectivity index (χ2v) is 6.50. The van der Waals surface area contributed by atoms with Crippen molar-refractivity contribution < 1.29 is 9.53 Å². The summed E-state index contributed by atoms with van der Waals surface area (Å²) in [6.45, 7) is 5.54. The van der Waals surface area contributed by atoms with E-state index in [1.807, 2.05) is 63.3 Å². The van der Waals surface area contributed by atoms with Crippen LogP contribution in [-0.2, 0) is 4.74 Å². The number of hydrogen-bond acceptors (Lipinski definition) is 3. The van der Waals surface area contributed by atoms with Gasteiger partial charge in [-0.2, -0.15) is 0 Å². The number of benzene rings is 2. The lowest BCUT2D eigenvalue weighted by atomic mass is 9.89. The zero-order valence-electron chi connectivity index (χ0n) is 13.0. The van der Waals surface area contributed by atoms with Gasteiger partial charge in [-0.25, -0.2) is 4.79 Å². The van der Waals surface area contributed by atoms with Crippen LogP contribution in [0, 0.1) is 0 Å². The Morgan fingerprint density at radius 2 is 2.00 bits per heavy atom. The predicted molar refractivity (Wildman–Crippen MR) is 89.5 cm³/mol. The van der Waals surface area contributed by atoms with Gasteiger partial charge < -0.3 is 15.8 Å². The van der Waals surface area contributed by atoms with Crippen molar-refractivity contribution in [2.45, 2.75) is 32.4 Å². The molecule has 0 aliphatic heterocycles. The van der Waals surface area contributed by atoms with Crippen molar-refractivity contribution in [3.8, 4) is 0 Å². The summed E-state index contributed by atoms with van der Waals surface area (Å²) in [5.74, 6) is 0. The Morgan fingerprint density at radius 3 is 2.73 bits per heavy atom. The number of nitrogens with two attached hydrogens (primary N) is 1. The molecule has 0 fully saturated rings. The molecule has 0 saturated carbocycles. The molecular formula is C18H20N2O2. The van der Waals surface area contributed by atoms with Crippen LogP contribution in [0.3, 0.4) is 0 Å². The molecule has 3 N–H and O–H groups in total. The van der Waals surface area contributed by atoms with Crippen LogP contribution >= 0.6 is 0 Å². The van der Waals surface area contributed by atoms with Crippen LogP contribution < -0.4 is 11.1 Å². The van der Waals surface area contributed by atoms with Gasteiger partial charge in [0.15, 0.2) is 0 Å². The fourth-order valence-corrected chi connectivity index (χ4v) is 2.75. The lowest BCUT2D eigenvalue weighted by Crippen LogP contribution is -2.34. The summed E-state index contributed by atoms with van der Waals surface area (Å²) in [5, 5.41) is 5.11. The molecular weight excluding hydrogens is 276 g/mol. The van der Waals surface area contributed by atoms with Gasteiger partial charge in [-0.05, 0) is 43.2 Å². The molecule has 3 rings (SSSR count). The standard InChI is InChI=1S/C18H20N2O2/c1-18(2,3)22-17(21)20-15-10-8-12-14(19)9-7-11-5-4-6-13(15)16(11)12/h4-10,15H,19H2,1-3H3,(H,20,21). The van der Waals surface area contributed by atoms with Gasteiger partial charge in [0, 0.05) is 11.3 Å². The van der Waals surface area contributed by atoms with E-state index >= 15 is 0 Å². The number of alkyl carbamates (subject to hydrolysis) is 1. The number of rotatable bonds is 1. The van der Waals surface area contributed by atoms with Crippen LogP contribution in [-0.4, -0.2) is 11.7 Å². The summed E-state index contributed by atoms with van der Waals surface area (Å²) in [4.78, 5) is 12.0. The highest BCUT2D eigenvalue weighted by atomic mass is 16.6. The number of anilines is 1. The Labute approximate surface area is 130 Å². The van der Waals surface area contributed by atoms with Gasteiger partial charge in [-0.15, -0.1) is 0 Å². The van der Waals surface area contributed by atoms with Crippen LogP contribution in [0.5, 0.6) is 0 Å². The molecule has 22 heavy (non-hydrogen) atoms. The molecule has 0 radical (unpaired) electrons. The third kappa shape index (κ3) is 2.64. The van der Waals surface area contributed by atoms with Gasteiger partial charge in [0.2, 0.25) is 0 Å². The van der Waals surface area contributed by atoms with Crippen molar-refractivity contribution in [3.63, 3.8) is 0 Å². The van der Waals surface area contributed by atoms with Crippen LogP contribution in [0.25, 0.3) is 16.8 Å². The summed E-state index contributed by atoms with van der Waals surface area (Å²) >= 11 is 0. The van der Waals surface area contributed by atoms with Gasteiger partial charge in [0.05, 0.1) is 6.04 Å². The van der Waals surface area contributed by atoms with Crippen LogP contribution in [0.4, 0.5) is 10.5 Å². The van der Waals surface area contributed by atoms with E-state index < -0.39 is 11.7 Å². The molecule has 0 saturated heterocycles. The number of amides is 1. The van der Waals surface area contributed by atoms with Gasteiger partial charge in [0.25, 0.3) is 0 Å². The molecule has 2 aromatic carbocycles. The van der Waals surface area contributed by atoms with Gasteiger partial charge in [-0.1, -0.05) is 36.4 Å². The highest BCUT2D eigenvalue weighted by molar-refractivity contribution is 5.99. The third-order valence-corrected chi connectivity index (χ3v) is 3.61. The minimum absolute atomic E-state index is 0.215. The first-order valence-electron chi connectivity index (χ1n) is 7.34. The van der Waals surface area contributed by atoms with E-state index in [-0.39, 0.29) is 6.04 Å². The van der Waals surface area contributed by atoms with Crippen LogP contribution in [0.15, 0.2) is 36.4 Å². The number of nitrogens with one attached hydrogen (secondary N) is 1. The fourth-order valence-electron chi connectivity index (χ4n) is 2.75. The number of ether oxygens (including phenoxy) is 1. The van der Waals surface area contributed by atoms with E-state index in [2.05, 4.69) is 5.32 Å². The maximum atomic E-state index is 12.0. The SMILES string of the molecule is CC(C)(C)OC(=O)NC1C=Cc2c(N)ccc3cccc1c23. The minimum Gasteiger partial charge on any atom is -0.444 e. The summed E-state index contributed by atoms with van der Waals surface area (Å²) < 4.78 is 5.34. The second kappa shape index (κ2) is 5.05. The summed E-state index contributed by atoms with van der Waals surface area (Å²) in [5.41, 5.74) is 8.34. The first-order valence-corrected chi connectivity index (χ1v) is 7.34. The average molecular weight is 296 g/mol. The lowest BCUT2D eigenvalue weighted by molar-refractivity contribution is 0.0514. The molecule has 2 aromatic rings. The molecule has 1 unspecified atom stereocenters. The summed E-state index contributed by atoms with van der Waals surface area (Å²) in [6, 6.07) is 9.74. The van der Waals surface area contributed by atoms with E-state index in [9.17, 15) is 4.79 Å². The molecule has 114 valence electrons. The maximum absolute atomic E-state index is 12.0. The Bertz CT molecular complexity index is 772. The van der Waals surface area contributed by atoms with Crippen molar-refractivity contribution in [1.29, 1.82) is 0 Å². The van der Waals surface area contributed by atoms with E-state index in [1.165, 1.54) is 0 Å². The number of hydrogen-bond donors (Lipinski definition) is 2. The van der Waals surface area contributed by atoms with E-state index in [4.69, 9.17) is 10.5 Å². The predicted octanol–water partition coefficient (Wildman–Crippen LogP) is 4.01. The van der Waals surface area contributed by atoms with Crippen molar-refractivity contribution in [1.82, 2.24) is 5.32 Å². The highest BCUT2D eigenvalue weighted by Gasteiger charge is 2.23. The normalized spacial score (nSPS) is 16.6. The summed E-state index contributed by atoms with van der Waals surface area (Å²) in [7, 11) is 0. The molecule has 1 aliphatic rings. The monoisotopic (exact) mass is 296 g/mol. The highest BCUT2D eigenvalue weighted by Crippen LogP contribution is 2.36. The molecule has 1 amide bonds. The Hall–Kier alpha value is -2.49. The Kier molecular flexibility index (Phi) is 3.32. The van der Waals surface area contributed by atoms with E-state index in [0.29, 0.717) is 0 Å². The molecule has 0 spiro atoms. The molecule has 4 nitrogen and oxygen atoms in total. The van der Waals surface area contributed by atoms with Gasteiger partial charge in [-0.3, -0.25) is 0 Å². The quantitative estimate of drug-likeness (QED) is 0.781. The van der Waals surface area contributed by atoms with Crippen molar-refractivity contribution >= 4 is 28.6 Å². The second-order valence-electron chi connectivity index (χ2n) is 6.50. The van der Waals surface area contributed by atoms with Gasteiger partial charge in [0.1, 0.15) is 5.60 Å². The number of carbonyl (C=O) groups excluding carboxylic acids is 1. The molecule has 4 heteroatoms. The third-order valence-electron chi connectivity index (χ3n) is 3.61. The Balaban J connectivity index is 1.97. The van der Waals surface area contributed by atoms with Crippen molar-refractivity contribution in [3.05, 3.63) is 47.5 Å². The first kappa shape index (κ1) is 14.4. The summed E-state index contributed by atoms with van der Waals surface area (Å²) in [6.07, 6.45) is 3.48. The van der Waals surface area contributed by atoms with E-state index in [1.54, 1.807) is 0 Å². The van der Waals surface area contributed by atoms with Gasteiger partial charge >= 0.3 is 6.09 Å². The fraction of sp³-hybridized carbons (Fsp3) is 0.278. The lowest BCUT2D eigenvalue weighted by Gasteiger charge is -2.25. The minimum atomic E-state index is -0.517. The zero-order valence-corrected chi connectivity index (χ0v) is 13.0. The molecule has 1 atom stereocenters. The molecule has 1 aliphatic carbocycles. The molecule has 0 aromatic heterocycles. The van der Waals surface area contributed by atoms with Crippen LogP contribution in [0.1, 0.15) is 37.9 Å². The maximum Gasteiger partial charge on any atom is 0.408 e. The average Bonchev–Trinajstić information content (AvgIpc) is 2.42. The van der Waals surface area contributed by atoms with Crippen molar-refractivity contribution in [2.75, 3.05) is 5.73 Å². The van der Waals surface area contributed by atoms with Crippen molar-refractivity contribution in [2.24, 2.45) is 0 Å². The Morgan fingerprint density at radius 1 is 1.23 bits per heavy atom. The number of nitrogen functional groups attached to an aromatic ring is 1.